The number of guanidine groups is 1. The van der Waals surface area contributed by atoms with Crippen LogP contribution in [0, 0.1) is 0 Å². The van der Waals surface area contributed by atoms with E-state index in [0.29, 0.717) is 30.7 Å². The van der Waals surface area contributed by atoms with E-state index in [-0.39, 0.29) is 6.04 Å². The minimum absolute atomic E-state index is 0.0324. The molecule has 0 spiro atoms. The van der Waals surface area contributed by atoms with Gasteiger partial charge in [0.25, 0.3) is 0 Å². The van der Waals surface area contributed by atoms with Gasteiger partial charge in [-0.2, -0.15) is 5.10 Å². The Labute approximate surface area is 134 Å². The summed E-state index contributed by atoms with van der Waals surface area (Å²) in [7, 11) is 1.64. The predicted octanol–water partition coefficient (Wildman–Crippen LogP) is 1.68. The van der Waals surface area contributed by atoms with Crippen LogP contribution >= 0.6 is 11.6 Å². The van der Waals surface area contributed by atoms with Gasteiger partial charge in [0.2, 0.25) is 0 Å². The maximum atomic E-state index is 5.95. The maximum absolute atomic E-state index is 5.95. The molecule has 0 aliphatic heterocycles. The number of nitrogens with zero attached hydrogens (tertiary/aromatic N) is 3. The lowest BCUT2D eigenvalue weighted by Gasteiger charge is -2.16. The van der Waals surface area contributed by atoms with E-state index in [2.05, 4.69) is 15.4 Å². The summed E-state index contributed by atoms with van der Waals surface area (Å²) in [5, 5.41) is 8.00. The molecule has 0 fully saturated rings. The molecule has 1 heterocycles. The molecule has 0 aliphatic rings. The highest BCUT2D eigenvalue weighted by Gasteiger charge is 2.13. The number of aromatic nitrogens is 2. The minimum atomic E-state index is -0.0324. The fraction of sp³-hybridized carbons (Fsp3) is 0.333. The molecular weight excluding hydrogens is 302 g/mol. The molecule has 7 heteroatoms. The van der Waals surface area contributed by atoms with Gasteiger partial charge in [0, 0.05) is 31.1 Å². The lowest BCUT2D eigenvalue weighted by atomic mass is 10.1. The van der Waals surface area contributed by atoms with E-state index in [4.69, 9.17) is 22.1 Å². The van der Waals surface area contributed by atoms with Crippen LogP contribution in [0.2, 0.25) is 5.02 Å². The van der Waals surface area contributed by atoms with Gasteiger partial charge in [-0.05, 0) is 23.8 Å². The number of ether oxygens (including phenoxy) is 1. The Morgan fingerprint density at radius 1 is 1.45 bits per heavy atom. The van der Waals surface area contributed by atoms with Crippen LogP contribution in [0.15, 0.2) is 47.7 Å². The van der Waals surface area contributed by atoms with Crippen molar-refractivity contribution >= 4 is 17.6 Å². The molecule has 6 nitrogen and oxygen atoms in total. The van der Waals surface area contributed by atoms with E-state index in [0.717, 1.165) is 5.56 Å². The zero-order valence-electron chi connectivity index (χ0n) is 12.4. The normalized spacial score (nSPS) is 13.1. The number of halogens is 1. The molecule has 1 atom stereocenters. The third kappa shape index (κ3) is 4.75. The summed E-state index contributed by atoms with van der Waals surface area (Å²) in [6, 6.07) is 9.51. The van der Waals surface area contributed by atoms with Gasteiger partial charge in [-0.25, -0.2) is 0 Å². The molecule has 0 radical (unpaired) electrons. The smallest absolute Gasteiger partial charge is 0.188 e. The van der Waals surface area contributed by atoms with Crippen molar-refractivity contribution in [3.8, 4) is 0 Å². The van der Waals surface area contributed by atoms with Crippen LogP contribution in [-0.2, 0) is 4.74 Å². The summed E-state index contributed by atoms with van der Waals surface area (Å²) in [4.78, 5) is 4.39. The number of hydrogen-bond donors (Lipinski definition) is 2. The second-order valence-electron chi connectivity index (χ2n) is 4.70. The molecule has 1 aromatic carbocycles. The van der Waals surface area contributed by atoms with E-state index in [1.165, 1.54) is 0 Å². The van der Waals surface area contributed by atoms with Gasteiger partial charge in [-0.3, -0.25) is 9.67 Å². The van der Waals surface area contributed by atoms with Gasteiger partial charge in [0.15, 0.2) is 5.96 Å². The van der Waals surface area contributed by atoms with Crippen molar-refractivity contribution < 1.29 is 4.74 Å². The van der Waals surface area contributed by atoms with E-state index in [9.17, 15) is 0 Å². The lowest BCUT2D eigenvalue weighted by Crippen LogP contribution is -2.34. The van der Waals surface area contributed by atoms with Crippen LogP contribution in [-0.4, -0.2) is 42.5 Å². The molecule has 2 aromatic rings. The molecule has 22 heavy (non-hydrogen) atoms. The average Bonchev–Trinajstić information content (AvgIpc) is 3.04. The Morgan fingerprint density at radius 2 is 2.23 bits per heavy atom. The Bertz CT molecular complexity index is 582. The maximum Gasteiger partial charge on any atom is 0.188 e. The SMILES string of the molecule is COCCNC(N)=NCC(c1ccc(Cl)cc1)n1cccn1. The lowest BCUT2D eigenvalue weighted by molar-refractivity contribution is 0.204. The Morgan fingerprint density at radius 3 is 2.86 bits per heavy atom. The van der Waals surface area contributed by atoms with Crippen molar-refractivity contribution in [1.29, 1.82) is 0 Å². The first-order chi connectivity index (χ1) is 10.7. The highest BCUT2D eigenvalue weighted by Crippen LogP contribution is 2.20. The summed E-state index contributed by atoms with van der Waals surface area (Å²) in [6.07, 6.45) is 3.65. The highest BCUT2D eigenvalue weighted by atomic mass is 35.5. The summed E-state index contributed by atoms with van der Waals surface area (Å²) in [5.41, 5.74) is 6.92. The largest absolute Gasteiger partial charge is 0.383 e. The van der Waals surface area contributed by atoms with Gasteiger partial charge < -0.3 is 15.8 Å². The molecule has 0 bridgehead atoms. The highest BCUT2D eigenvalue weighted by molar-refractivity contribution is 6.30. The third-order valence-electron chi connectivity index (χ3n) is 3.15. The van der Waals surface area contributed by atoms with Crippen molar-refractivity contribution in [2.75, 3.05) is 26.8 Å². The zero-order chi connectivity index (χ0) is 15.8. The summed E-state index contributed by atoms with van der Waals surface area (Å²) < 4.78 is 6.81. The van der Waals surface area contributed by atoms with Crippen LogP contribution in [0.1, 0.15) is 11.6 Å². The molecule has 1 aromatic heterocycles. The fourth-order valence-electron chi connectivity index (χ4n) is 2.01. The molecule has 0 saturated heterocycles. The van der Waals surface area contributed by atoms with Crippen LogP contribution < -0.4 is 11.1 Å². The minimum Gasteiger partial charge on any atom is -0.383 e. The quantitative estimate of drug-likeness (QED) is 0.462. The number of nitrogens with one attached hydrogen (secondary N) is 1. The van der Waals surface area contributed by atoms with Crippen LogP contribution in [0.3, 0.4) is 0 Å². The average molecular weight is 322 g/mol. The monoisotopic (exact) mass is 321 g/mol. The van der Waals surface area contributed by atoms with Gasteiger partial charge in [0.1, 0.15) is 0 Å². The molecule has 1 unspecified atom stereocenters. The van der Waals surface area contributed by atoms with Gasteiger partial charge in [-0.1, -0.05) is 23.7 Å². The number of hydrogen-bond acceptors (Lipinski definition) is 3. The van der Waals surface area contributed by atoms with Crippen molar-refractivity contribution in [2.24, 2.45) is 10.7 Å². The van der Waals surface area contributed by atoms with Crippen molar-refractivity contribution in [3.63, 3.8) is 0 Å². The summed E-state index contributed by atoms with van der Waals surface area (Å²) >= 11 is 5.95. The number of benzene rings is 1. The second kappa shape index (κ2) is 8.41. The first-order valence-corrected chi connectivity index (χ1v) is 7.36. The molecular formula is C15H20ClN5O. The number of rotatable bonds is 7. The number of aliphatic imine (C=N–C) groups is 1. The zero-order valence-corrected chi connectivity index (χ0v) is 13.2. The predicted molar refractivity (Wildman–Crippen MR) is 88.2 cm³/mol. The van der Waals surface area contributed by atoms with Crippen LogP contribution in [0.4, 0.5) is 0 Å². The first kappa shape index (κ1) is 16.3. The van der Waals surface area contributed by atoms with Gasteiger partial charge in [0.05, 0.1) is 19.2 Å². The van der Waals surface area contributed by atoms with E-state index < -0.39 is 0 Å². The molecule has 118 valence electrons. The van der Waals surface area contributed by atoms with E-state index in [1.807, 2.05) is 41.2 Å². The molecule has 0 aliphatic carbocycles. The Kier molecular flexibility index (Phi) is 6.24. The fourth-order valence-corrected chi connectivity index (χ4v) is 2.14. The Balaban J connectivity index is 2.09. The first-order valence-electron chi connectivity index (χ1n) is 6.98. The summed E-state index contributed by atoms with van der Waals surface area (Å²) in [5.74, 6) is 0.392. The number of methoxy groups -OCH3 is 1. The van der Waals surface area contributed by atoms with Crippen molar-refractivity contribution in [2.45, 2.75) is 6.04 Å². The van der Waals surface area contributed by atoms with E-state index >= 15 is 0 Å². The topological polar surface area (TPSA) is 77.5 Å². The van der Waals surface area contributed by atoms with Gasteiger partial charge in [-0.15, -0.1) is 0 Å². The Hall–Kier alpha value is -2.05. The van der Waals surface area contributed by atoms with E-state index in [1.54, 1.807) is 13.3 Å². The van der Waals surface area contributed by atoms with Gasteiger partial charge >= 0.3 is 0 Å². The second-order valence-corrected chi connectivity index (χ2v) is 5.14. The molecule has 3 N–H and O–H groups in total. The molecule has 2 rings (SSSR count). The van der Waals surface area contributed by atoms with Crippen LogP contribution in [0.5, 0.6) is 0 Å². The van der Waals surface area contributed by atoms with Crippen molar-refractivity contribution in [1.82, 2.24) is 15.1 Å². The van der Waals surface area contributed by atoms with Crippen LogP contribution in [0.25, 0.3) is 0 Å². The number of nitrogens with two attached hydrogens (primary N) is 1. The van der Waals surface area contributed by atoms with Crippen molar-refractivity contribution in [3.05, 3.63) is 53.3 Å². The standard InChI is InChI=1S/C15H20ClN5O/c1-22-10-8-18-15(17)19-11-14(21-9-2-7-20-21)12-3-5-13(16)6-4-12/h2-7,9,14H,8,10-11H2,1H3,(H3,17,18,19). The molecule has 0 saturated carbocycles. The molecule has 0 amide bonds. The summed E-state index contributed by atoms with van der Waals surface area (Å²) in [6.45, 7) is 1.68. The third-order valence-corrected chi connectivity index (χ3v) is 3.40.